The molecular formula is C20H29N5O5S3. The van der Waals surface area contributed by atoms with E-state index in [0.717, 1.165) is 16.9 Å². The van der Waals surface area contributed by atoms with Gasteiger partial charge in [0.25, 0.3) is 21.2 Å². The first kappa shape index (κ1) is 25.4. The van der Waals surface area contributed by atoms with Gasteiger partial charge < -0.3 is 20.2 Å². The molecule has 2 aromatic heterocycles. The minimum atomic E-state index is -3.93. The van der Waals surface area contributed by atoms with Crippen molar-refractivity contribution in [2.75, 3.05) is 12.4 Å². The van der Waals surface area contributed by atoms with Gasteiger partial charge in [0.05, 0.1) is 24.3 Å². The molecule has 3 heterocycles. The molecule has 33 heavy (non-hydrogen) atoms. The highest BCUT2D eigenvalue weighted by Gasteiger charge is 2.36. The highest BCUT2D eigenvalue weighted by atomic mass is 32.2. The van der Waals surface area contributed by atoms with Gasteiger partial charge in [0, 0.05) is 23.5 Å². The van der Waals surface area contributed by atoms with E-state index in [9.17, 15) is 17.7 Å². The molecule has 0 aliphatic carbocycles. The van der Waals surface area contributed by atoms with E-state index >= 15 is 0 Å². The first-order valence-electron chi connectivity index (χ1n) is 10.1. The summed E-state index contributed by atoms with van der Waals surface area (Å²) in [4.78, 5) is 0. The van der Waals surface area contributed by atoms with E-state index in [1.165, 1.54) is 16.7 Å². The molecule has 0 saturated heterocycles. The molecule has 0 radical (unpaired) electrons. The fraction of sp³-hybridized carbons (Fsp3) is 0.500. The van der Waals surface area contributed by atoms with Crippen LogP contribution in [-0.4, -0.2) is 46.3 Å². The number of nitrogens with one attached hydrogen (secondary N) is 2. The molecule has 1 unspecified atom stereocenters. The van der Waals surface area contributed by atoms with Crippen molar-refractivity contribution in [3.8, 4) is 5.75 Å². The van der Waals surface area contributed by atoms with Crippen molar-refractivity contribution in [1.29, 1.82) is 0 Å². The van der Waals surface area contributed by atoms with Crippen molar-refractivity contribution < 1.29 is 22.2 Å². The number of hydrogen-bond acceptors (Lipinski definition) is 8. The predicted octanol–water partition coefficient (Wildman–Crippen LogP) is 3.64. The molecule has 2 atom stereocenters. The van der Waals surface area contributed by atoms with Crippen LogP contribution in [0.15, 0.2) is 41.4 Å². The van der Waals surface area contributed by atoms with Crippen LogP contribution in [0, 0.1) is 5.41 Å². The smallest absolute Gasteiger partial charge is 0.269 e. The van der Waals surface area contributed by atoms with Crippen LogP contribution in [0.1, 0.15) is 53.1 Å². The van der Waals surface area contributed by atoms with Gasteiger partial charge in [-0.2, -0.15) is 4.31 Å². The summed E-state index contributed by atoms with van der Waals surface area (Å²) in [5.74, 6) is -0.0679. The Labute approximate surface area is 200 Å². The van der Waals surface area contributed by atoms with Gasteiger partial charge in [-0.1, -0.05) is 20.8 Å². The second-order valence-electron chi connectivity index (χ2n) is 9.66. The van der Waals surface area contributed by atoms with Crippen molar-refractivity contribution in [3.63, 3.8) is 0 Å². The fourth-order valence-corrected chi connectivity index (χ4v) is 6.57. The molecule has 1 aliphatic rings. The molecule has 2 aromatic rings. The topological polar surface area (TPSA) is 137 Å². The number of nitrogens with zero attached hydrogens (tertiary/aromatic N) is 3. The molecule has 3 N–H and O–H groups in total. The van der Waals surface area contributed by atoms with E-state index < -0.39 is 32.5 Å². The minimum absolute atomic E-state index is 0.128. The molecule has 3 rings (SSSR count). The maximum atomic E-state index is 13.0. The van der Waals surface area contributed by atoms with Crippen LogP contribution in [0.3, 0.4) is 0 Å². The lowest BCUT2D eigenvalue weighted by Gasteiger charge is -2.31. The molecule has 0 aromatic carbocycles. The zero-order valence-electron chi connectivity index (χ0n) is 19.5. The van der Waals surface area contributed by atoms with Crippen molar-refractivity contribution >= 4 is 49.9 Å². The van der Waals surface area contributed by atoms with Gasteiger partial charge in [-0.15, -0.1) is 20.1 Å². The van der Waals surface area contributed by atoms with Gasteiger partial charge in [-0.25, -0.2) is 12.6 Å². The van der Waals surface area contributed by atoms with Gasteiger partial charge in [-0.3, -0.25) is 0 Å². The Morgan fingerprint density at radius 3 is 2.36 bits per heavy atom. The van der Waals surface area contributed by atoms with Crippen LogP contribution in [0.5, 0.6) is 5.75 Å². The van der Waals surface area contributed by atoms with Gasteiger partial charge >= 0.3 is 0 Å². The van der Waals surface area contributed by atoms with Crippen LogP contribution in [0.2, 0.25) is 0 Å². The highest BCUT2D eigenvalue weighted by Crippen LogP contribution is 2.40. The number of furan rings is 1. The van der Waals surface area contributed by atoms with Crippen LogP contribution in [0.4, 0.5) is 5.69 Å². The normalized spacial score (nSPS) is 18.2. The molecule has 10 nitrogen and oxygen atoms in total. The third-order valence-corrected chi connectivity index (χ3v) is 9.40. The average molecular weight is 516 g/mol. The molecule has 13 heteroatoms. The van der Waals surface area contributed by atoms with Gasteiger partial charge in [-0.05, 0) is 32.3 Å². The third kappa shape index (κ3) is 5.31. The summed E-state index contributed by atoms with van der Waals surface area (Å²) >= 11 is -0.976. The van der Waals surface area contributed by atoms with Crippen molar-refractivity contribution in [2.24, 2.45) is 14.2 Å². The summed E-state index contributed by atoms with van der Waals surface area (Å²) in [6, 6.07) is 1.58. The Kier molecular flexibility index (Phi) is 6.82. The van der Waals surface area contributed by atoms with Crippen LogP contribution >= 0.6 is 11.3 Å². The SMILES string of the molecule is CN(C(C)(C)C)S(=O)(=O)c1scc(NC2=NS(=O)N=C2N[C@@H](c2ccoc2)C(C)(C)C)c1O. The predicted molar refractivity (Wildman–Crippen MR) is 131 cm³/mol. The molecule has 1 aliphatic heterocycles. The summed E-state index contributed by atoms with van der Waals surface area (Å²) in [6.45, 7) is 11.4. The Balaban J connectivity index is 1.88. The Hall–Kier alpha value is -2.22. The van der Waals surface area contributed by atoms with E-state index in [2.05, 4.69) is 19.4 Å². The summed E-state index contributed by atoms with van der Waals surface area (Å²) in [5.41, 5.74) is 0.0711. The van der Waals surface area contributed by atoms with Crippen molar-refractivity contribution in [3.05, 3.63) is 29.5 Å². The second kappa shape index (κ2) is 8.85. The van der Waals surface area contributed by atoms with Crippen LogP contribution in [0.25, 0.3) is 0 Å². The highest BCUT2D eigenvalue weighted by molar-refractivity contribution is 7.91. The summed E-state index contributed by atoms with van der Waals surface area (Å²) in [6.07, 6.45) is 3.19. The summed E-state index contributed by atoms with van der Waals surface area (Å²) in [7, 11) is -2.47. The summed E-state index contributed by atoms with van der Waals surface area (Å²) in [5, 5.41) is 18.3. The number of rotatable bonds is 5. The number of anilines is 1. The third-order valence-electron chi connectivity index (χ3n) is 5.11. The Bertz CT molecular complexity index is 1200. The van der Waals surface area contributed by atoms with E-state index in [4.69, 9.17) is 4.42 Å². The van der Waals surface area contributed by atoms with E-state index in [1.807, 2.05) is 26.8 Å². The monoisotopic (exact) mass is 515 g/mol. The first-order valence-corrected chi connectivity index (χ1v) is 13.5. The maximum Gasteiger partial charge on any atom is 0.269 e. The van der Waals surface area contributed by atoms with Gasteiger partial charge in [0.2, 0.25) is 0 Å². The molecule has 0 amide bonds. The van der Waals surface area contributed by atoms with Crippen molar-refractivity contribution in [1.82, 2.24) is 9.62 Å². The largest absolute Gasteiger partial charge is 0.504 e. The van der Waals surface area contributed by atoms with E-state index in [-0.39, 0.29) is 33.0 Å². The standard InChI is InChI=1S/C20H29N5O5S3/c1-19(2,3)15(12-8-9-30-10-12)22-17-16(23-32(27)24-17)21-13-11-31-18(14(13)26)33(28,29)25(7)20(4,5)6/h8-11,15,26H,1-7H3,(H,21,23)(H,22,24)/t15-,32?/m0/s1. The second-order valence-corrected chi connectivity index (χ2v) is 13.5. The number of hydrogen-bond donors (Lipinski definition) is 3. The quantitative estimate of drug-likeness (QED) is 0.553. The summed E-state index contributed by atoms with van der Waals surface area (Å²) < 4.78 is 52.3. The van der Waals surface area contributed by atoms with Gasteiger partial charge in [0.15, 0.2) is 21.6 Å². The molecular weight excluding hydrogens is 486 g/mol. The van der Waals surface area contributed by atoms with Crippen LogP contribution in [-0.2, 0) is 21.2 Å². The Morgan fingerprint density at radius 1 is 1.18 bits per heavy atom. The maximum absolute atomic E-state index is 13.0. The first-order chi connectivity index (χ1) is 15.1. The van der Waals surface area contributed by atoms with Crippen LogP contribution < -0.4 is 10.6 Å². The average Bonchev–Trinajstić information content (AvgIpc) is 3.39. The number of thiophene rings is 1. The van der Waals surface area contributed by atoms with E-state index in [0.29, 0.717) is 0 Å². The number of sulfonamides is 1. The number of aromatic hydroxyl groups is 1. The fourth-order valence-electron chi connectivity index (χ4n) is 3.03. The minimum Gasteiger partial charge on any atom is -0.504 e. The zero-order chi connectivity index (χ0) is 24.8. The lowest BCUT2D eigenvalue weighted by atomic mass is 9.83. The molecule has 0 saturated carbocycles. The van der Waals surface area contributed by atoms with Crippen molar-refractivity contribution in [2.45, 2.75) is 57.3 Å². The Morgan fingerprint density at radius 2 is 1.82 bits per heavy atom. The molecule has 0 spiro atoms. The zero-order valence-corrected chi connectivity index (χ0v) is 22.0. The molecule has 182 valence electrons. The lowest BCUT2D eigenvalue weighted by Crippen LogP contribution is -2.42. The van der Waals surface area contributed by atoms with Gasteiger partial charge in [0.1, 0.15) is 0 Å². The molecule has 0 bridgehead atoms. The van der Waals surface area contributed by atoms with E-state index in [1.54, 1.807) is 33.3 Å². The number of amidine groups is 2. The lowest BCUT2D eigenvalue weighted by molar-refractivity contribution is 0.291. The molecule has 0 fully saturated rings.